The number of carbonyl (C=O) groups is 2. The van der Waals surface area contributed by atoms with Gasteiger partial charge in [0.2, 0.25) is 0 Å². The number of aliphatic carboxylic acids is 1. The highest BCUT2D eigenvalue weighted by Crippen LogP contribution is 2.53. The molecule has 6 heteroatoms. The molecule has 2 aliphatic carbocycles. The summed E-state index contributed by atoms with van der Waals surface area (Å²) >= 11 is 0. The lowest BCUT2D eigenvalue weighted by Gasteiger charge is -2.50. The average molecular weight is 448 g/mol. The smallest absolute Gasteiger partial charge is 0.309 e. The van der Waals surface area contributed by atoms with Crippen LogP contribution in [0.25, 0.3) is 0 Å². The minimum absolute atomic E-state index is 0.0368. The largest absolute Gasteiger partial charge is 0.481 e. The summed E-state index contributed by atoms with van der Waals surface area (Å²) < 4.78 is 12.4. The lowest BCUT2D eigenvalue weighted by atomic mass is 9.59. The van der Waals surface area contributed by atoms with Crippen LogP contribution in [-0.4, -0.2) is 59.9 Å². The zero-order chi connectivity index (χ0) is 22.4. The van der Waals surface area contributed by atoms with Crippen LogP contribution in [0.4, 0.5) is 0 Å². The number of likely N-dealkylation sites (tertiary alicyclic amines) is 1. The maximum atomic E-state index is 12.7. The van der Waals surface area contributed by atoms with Crippen molar-refractivity contribution in [1.29, 1.82) is 0 Å². The van der Waals surface area contributed by atoms with Gasteiger partial charge in [-0.25, -0.2) is 0 Å². The number of ether oxygens (including phenoxy) is 2. The first kappa shape index (κ1) is 22.6. The van der Waals surface area contributed by atoms with Gasteiger partial charge in [0.25, 0.3) is 0 Å². The van der Waals surface area contributed by atoms with Crippen LogP contribution < -0.4 is 0 Å². The Balaban J connectivity index is 1.24. The fourth-order valence-electron chi connectivity index (χ4n) is 8.18. The zero-order valence-electron chi connectivity index (χ0n) is 19.8. The molecule has 5 fully saturated rings. The zero-order valence-corrected chi connectivity index (χ0v) is 19.8. The molecule has 3 saturated heterocycles. The first-order valence-corrected chi connectivity index (χ1v) is 13.2. The van der Waals surface area contributed by atoms with Gasteiger partial charge in [-0.1, -0.05) is 13.8 Å². The van der Waals surface area contributed by atoms with Crippen molar-refractivity contribution >= 4 is 11.9 Å². The van der Waals surface area contributed by atoms with Gasteiger partial charge in [0, 0.05) is 24.3 Å². The van der Waals surface area contributed by atoms with E-state index in [2.05, 4.69) is 18.7 Å². The molecule has 180 valence electrons. The first-order chi connectivity index (χ1) is 15.4. The summed E-state index contributed by atoms with van der Waals surface area (Å²) in [5.41, 5.74) is 0. The number of carboxylic acids is 1. The molecule has 0 amide bonds. The molecular formula is C26H41NO5. The maximum Gasteiger partial charge on any atom is 0.309 e. The monoisotopic (exact) mass is 447 g/mol. The van der Waals surface area contributed by atoms with E-state index >= 15 is 0 Å². The van der Waals surface area contributed by atoms with Crippen molar-refractivity contribution in [2.24, 2.45) is 41.4 Å². The van der Waals surface area contributed by atoms with E-state index in [1.165, 1.54) is 51.6 Å². The third kappa shape index (κ3) is 4.11. The van der Waals surface area contributed by atoms with Gasteiger partial charge in [-0.3, -0.25) is 9.59 Å². The second kappa shape index (κ2) is 9.25. The average Bonchev–Trinajstić information content (AvgIpc) is 3.45. The first-order valence-electron chi connectivity index (χ1n) is 13.2. The molecule has 0 spiro atoms. The number of nitrogens with zero attached hydrogens (tertiary/aromatic N) is 1. The molecular weight excluding hydrogens is 406 g/mol. The van der Waals surface area contributed by atoms with Crippen molar-refractivity contribution in [3.63, 3.8) is 0 Å². The Morgan fingerprint density at radius 2 is 1.72 bits per heavy atom. The Bertz CT molecular complexity index is 698. The number of esters is 1. The Kier molecular flexibility index (Phi) is 6.54. The highest BCUT2D eigenvalue weighted by Gasteiger charge is 2.56. The third-order valence-corrected chi connectivity index (χ3v) is 9.99. The van der Waals surface area contributed by atoms with Crippen LogP contribution in [-0.2, 0) is 19.1 Å². The fourth-order valence-corrected chi connectivity index (χ4v) is 8.18. The van der Waals surface area contributed by atoms with Crippen molar-refractivity contribution < 1.29 is 24.2 Å². The van der Waals surface area contributed by atoms with E-state index in [1.54, 1.807) is 0 Å². The van der Waals surface area contributed by atoms with E-state index in [0.29, 0.717) is 24.2 Å². The minimum Gasteiger partial charge on any atom is -0.481 e. The van der Waals surface area contributed by atoms with Gasteiger partial charge in [-0.15, -0.1) is 0 Å². The van der Waals surface area contributed by atoms with Crippen LogP contribution in [0.2, 0.25) is 0 Å². The van der Waals surface area contributed by atoms with E-state index in [9.17, 15) is 9.59 Å². The number of carboxylic acid groups (broad SMARTS) is 1. The molecule has 8 atom stereocenters. The Labute approximate surface area is 192 Å². The quantitative estimate of drug-likeness (QED) is 0.643. The minimum atomic E-state index is -0.835. The van der Waals surface area contributed by atoms with E-state index in [-0.39, 0.29) is 42.4 Å². The van der Waals surface area contributed by atoms with Crippen LogP contribution in [0.1, 0.15) is 71.6 Å². The highest BCUT2D eigenvalue weighted by atomic mass is 16.6. The molecule has 0 radical (unpaired) electrons. The van der Waals surface area contributed by atoms with Gasteiger partial charge in [-0.05, 0) is 88.1 Å². The fraction of sp³-hybridized carbons (Fsp3) is 0.923. The molecule has 2 saturated carbocycles. The molecule has 32 heavy (non-hydrogen) atoms. The topological polar surface area (TPSA) is 76.1 Å². The molecule has 0 aromatic carbocycles. The van der Waals surface area contributed by atoms with Crippen molar-refractivity contribution in [2.45, 2.75) is 89.9 Å². The summed E-state index contributed by atoms with van der Waals surface area (Å²) in [5, 5.41) is 9.11. The molecule has 5 aliphatic rings. The summed E-state index contributed by atoms with van der Waals surface area (Å²) in [5.74, 6) is 1.35. The second-order valence-electron chi connectivity index (χ2n) is 11.5. The second-order valence-corrected chi connectivity index (χ2v) is 11.5. The van der Waals surface area contributed by atoms with Gasteiger partial charge in [0.05, 0.1) is 18.6 Å². The molecule has 0 aromatic rings. The number of carbonyl (C=O) groups excluding carboxylic acids is 1. The lowest BCUT2D eigenvalue weighted by Crippen LogP contribution is -2.55. The van der Waals surface area contributed by atoms with Gasteiger partial charge in [-0.2, -0.15) is 0 Å². The van der Waals surface area contributed by atoms with Crippen LogP contribution in [0, 0.1) is 41.4 Å². The summed E-state index contributed by atoms with van der Waals surface area (Å²) in [6.45, 7) is 7.82. The van der Waals surface area contributed by atoms with Gasteiger partial charge >= 0.3 is 11.9 Å². The van der Waals surface area contributed by atoms with Crippen LogP contribution >= 0.6 is 0 Å². The summed E-state index contributed by atoms with van der Waals surface area (Å²) in [4.78, 5) is 26.5. The maximum absolute atomic E-state index is 12.7. The normalized spacial score (nSPS) is 47.0. The van der Waals surface area contributed by atoms with Crippen LogP contribution in [0.5, 0.6) is 0 Å². The molecule has 6 nitrogen and oxygen atoms in total. The molecule has 0 bridgehead atoms. The standard InChI is InChI=1S/C26H41NO5/c1-15-19(9-10-23(28)29)26(30)32-25-16(2)24-21(13-20(15)25)22(14-31-24)17-5-7-18(8-6-17)27-11-3-4-12-27/h15-22,24-25H,3-14H2,1-2H3,(H,28,29). The number of hydrogen-bond donors (Lipinski definition) is 1. The number of fused-ring (bicyclic) bond motifs is 2. The number of hydrogen-bond acceptors (Lipinski definition) is 5. The SMILES string of the molecule is CC1C(CCC(=O)O)C(=O)OC2C(C)C3OCC(C4CCC(N5CCCC5)CC4)C3CC12. The van der Waals surface area contributed by atoms with E-state index < -0.39 is 5.97 Å². The van der Waals surface area contributed by atoms with Crippen molar-refractivity contribution in [1.82, 2.24) is 4.90 Å². The van der Waals surface area contributed by atoms with E-state index in [4.69, 9.17) is 14.6 Å². The molecule has 5 rings (SSSR count). The van der Waals surface area contributed by atoms with Crippen molar-refractivity contribution in [3.8, 4) is 0 Å². The van der Waals surface area contributed by atoms with Gasteiger partial charge < -0.3 is 19.5 Å². The van der Waals surface area contributed by atoms with E-state index in [1.807, 2.05) is 0 Å². The van der Waals surface area contributed by atoms with Crippen LogP contribution in [0.15, 0.2) is 0 Å². The third-order valence-electron chi connectivity index (χ3n) is 9.99. The van der Waals surface area contributed by atoms with E-state index in [0.717, 1.165) is 25.0 Å². The Hall–Kier alpha value is -1.14. The summed E-state index contributed by atoms with van der Waals surface area (Å²) in [7, 11) is 0. The molecule has 1 N–H and O–H groups in total. The Morgan fingerprint density at radius 1 is 1.00 bits per heavy atom. The summed E-state index contributed by atoms with van der Waals surface area (Å²) in [6.07, 6.45) is 9.69. The highest BCUT2D eigenvalue weighted by molar-refractivity contribution is 5.75. The van der Waals surface area contributed by atoms with Crippen molar-refractivity contribution in [3.05, 3.63) is 0 Å². The Morgan fingerprint density at radius 3 is 2.41 bits per heavy atom. The molecule has 3 aliphatic heterocycles. The predicted octanol–water partition coefficient (Wildman–Crippen LogP) is 3.97. The summed E-state index contributed by atoms with van der Waals surface area (Å²) in [6, 6.07) is 0.800. The lowest BCUT2D eigenvalue weighted by molar-refractivity contribution is -0.192. The number of rotatable bonds is 5. The molecule has 3 heterocycles. The molecule has 8 unspecified atom stereocenters. The molecule has 0 aromatic heterocycles. The predicted molar refractivity (Wildman–Crippen MR) is 120 cm³/mol. The van der Waals surface area contributed by atoms with Crippen LogP contribution in [0.3, 0.4) is 0 Å². The van der Waals surface area contributed by atoms with Gasteiger partial charge in [0.1, 0.15) is 6.10 Å². The van der Waals surface area contributed by atoms with Gasteiger partial charge in [0.15, 0.2) is 0 Å². The van der Waals surface area contributed by atoms with Crippen molar-refractivity contribution in [2.75, 3.05) is 19.7 Å².